The van der Waals surface area contributed by atoms with Gasteiger partial charge < -0.3 is 15.0 Å². The molecule has 20 heavy (non-hydrogen) atoms. The van der Waals surface area contributed by atoms with Gasteiger partial charge in [-0.15, -0.1) is 0 Å². The number of benzene rings is 1. The van der Waals surface area contributed by atoms with Crippen LogP contribution >= 0.6 is 0 Å². The molecule has 3 N–H and O–H groups in total. The van der Waals surface area contributed by atoms with Gasteiger partial charge in [-0.2, -0.15) is 0 Å². The Morgan fingerprint density at radius 2 is 2.00 bits per heavy atom. The molecule has 0 unspecified atom stereocenters. The fraction of sp³-hybridized carbons (Fsp3) is 0.647. The Kier molecular flexibility index (Phi) is 4.58. The molecule has 0 bridgehead atoms. The molecule has 3 rings (SSSR count). The van der Waals surface area contributed by atoms with Crippen LogP contribution < -0.4 is 15.0 Å². The van der Waals surface area contributed by atoms with Crippen LogP contribution in [0.3, 0.4) is 0 Å². The van der Waals surface area contributed by atoms with Crippen LogP contribution in [0.5, 0.6) is 5.75 Å². The summed E-state index contributed by atoms with van der Waals surface area (Å²) in [6, 6.07) is 7.23. The first kappa shape index (κ1) is 13.9. The molecule has 0 spiro atoms. The topological polar surface area (TPSA) is 30.3 Å². The van der Waals surface area contributed by atoms with Crippen molar-refractivity contribution in [2.24, 2.45) is 0 Å². The highest BCUT2D eigenvalue weighted by molar-refractivity contribution is 5.42. The van der Waals surface area contributed by atoms with Gasteiger partial charge in [0.05, 0.1) is 25.3 Å². The molecule has 2 heterocycles. The standard InChI is InChI=1S/C17H26N2O/c1-2-20-16-9-7-8-14-12-18-13-15(17(14)16)19-10-5-3-4-6-11-19/h7-9,15,18H,2-6,10-13H2,1H3/p+2/t15-/m1/s1. The molecule has 0 aliphatic carbocycles. The first-order valence-electron chi connectivity index (χ1n) is 8.31. The van der Waals surface area contributed by atoms with Crippen molar-refractivity contribution in [3.63, 3.8) is 0 Å². The fourth-order valence-corrected chi connectivity index (χ4v) is 3.87. The maximum atomic E-state index is 5.93. The zero-order valence-corrected chi connectivity index (χ0v) is 12.7. The summed E-state index contributed by atoms with van der Waals surface area (Å²) >= 11 is 0. The van der Waals surface area contributed by atoms with Crippen molar-refractivity contribution in [2.45, 2.75) is 45.2 Å². The second kappa shape index (κ2) is 6.59. The Morgan fingerprint density at radius 1 is 1.20 bits per heavy atom. The molecule has 3 nitrogen and oxygen atoms in total. The van der Waals surface area contributed by atoms with Crippen LogP contribution in [0.15, 0.2) is 18.2 Å². The molecule has 1 fully saturated rings. The Morgan fingerprint density at radius 3 is 2.75 bits per heavy atom. The summed E-state index contributed by atoms with van der Waals surface area (Å²) < 4.78 is 5.93. The van der Waals surface area contributed by atoms with Crippen LogP contribution in [0.2, 0.25) is 0 Å². The van der Waals surface area contributed by atoms with Crippen LogP contribution in [-0.2, 0) is 6.54 Å². The van der Waals surface area contributed by atoms with Crippen molar-refractivity contribution in [1.29, 1.82) is 0 Å². The summed E-state index contributed by atoms with van der Waals surface area (Å²) in [6.45, 7) is 7.84. The Labute approximate surface area is 122 Å². The number of ether oxygens (including phenoxy) is 1. The van der Waals surface area contributed by atoms with E-state index in [0.717, 1.165) is 18.9 Å². The molecule has 0 amide bonds. The molecule has 0 aromatic heterocycles. The van der Waals surface area contributed by atoms with Crippen LogP contribution in [0, 0.1) is 0 Å². The summed E-state index contributed by atoms with van der Waals surface area (Å²) in [5.74, 6) is 1.14. The minimum Gasteiger partial charge on any atom is -0.493 e. The Bertz CT molecular complexity index is 439. The number of nitrogens with one attached hydrogen (secondary N) is 1. The van der Waals surface area contributed by atoms with Crippen molar-refractivity contribution < 1.29 is 15.0 Å². The summed E-state index contributed by atoms with van der Waals surface area (Å²) in [4.78, 5) is 1.78. The van der Waals surface area contributed by atoms with Gasteiger partial charge in [0.2, 0.25) is 0 Å². The van der Waals surface area contributed by atoms with Crippen molar-refractivity contribution in [1.82, 2.24) is 0 Å². The van der Waals surface area contributed by atoms with E-state index in [1.807, 2.05) is 0 Å². The maximum absolute atomic E-state index is 5.93. The maximum Gasteiger partial charge on any atom is 0.167 e. The normalized spacial score (nSPS) is 23.9. The third-order valence-corrected chi connectivity index (χ3v) is 4.81. The molecule has 0 radical (unpaired) electrons. The van der Waals surface area contributed by atoms with Crippen molar-refractivity contribution in [2.75, 3.05) is 26.2 Å². The van der Waals surface area contributed by atoms with E-state index >= 15 is 0 Å². The van der Waals surface area contributed by atoms with Gasteiger partial charge in [0.25, 0.3) is 0 Å². The van der Waals surface area contributed by atoms with Crippen LogP contribution in [0.25, 0.3) is 0 Å². The molecule has 2 aliphatic rings. The monoisotopic (exact) mass is 276 g/mol. The molecule has 1 saturated heterocycles. The third-order valence-electron chi connectivity index (χ3n) is 4.81. The van der Waals surface area contributed by atoms with E-state index in [-0.39, 0.29) is 0 Å². The predicted molar refractivity (Wildman–Crippen MR) is 80.0 cm³/mol. The van der Waals surface area contributed by atoms with Gasteiger partial charge in [-0.3, -0.25) is 0 Å². The van der Waals surface area contributed by atoms with Crippen LogP contribution in [0.1, 0.15) is 49.8 Å². The van der Waals surface area contributed by atoms with E-state index in [2.05, 4.69) is 30.4 Å². The van der Waals surface area contributed by atoms with Gasteiger partial charge >= 0.3 is 0 Å². The second-order valence-corrected chi connectivity index (χ2v) is 6.12. The van der Waals surface area contributed by atoms with Crippen molar-refractivity contribution in [3.05, 3.63) is 29.3 Å². The number of quaternary nitrogens is 2. The highest BCUT2D eigenvalue weighted by Crippen LogP contribution is 2.28. The zero-order valence-electron chi connectivity index (χ0n) is 12.7. The van der Waals surface area contributed by atoms with E-state index in [4.69, 9.17) is 4.74 Å². The van der Waals surface area contributed by atoms with Gasteiger partial charge in [-0.1, -0.05) is 12.1 Å². The van der Waals surface area contributed by atoms with Gasteiger partial charge in [0.15, 0.2) is 6.04 Å². The molecule has 1 aromatic rings. The highest BCUT2D eigenvalue weighted by Gasteiger charge is 2.34. The molecule has 1 aromatic carbocycles. The number of likely N-dealkylation sites (tertiary alicyclic amines) is 1. The number of nitrogens with two attached hydrogens (primary N) is 1. The highest BCUT2D eigenvalue weighted by atomic mass is 16.5. The van der Waals surface area contributed by atoms with Crippen molar-refractivity contribution in [3.8, 4) is 5.75 Å². The average molecular weight is 276 g/mol. The van der Waals surface area contributed by atoms with Gasteiger partial charge in [-0.05, 0) is 38.7 Å². The number of rotatable bonds is 3. The molecular formula is C17H28N2O+2. The molecule has 0 saturated carbocycles. The molecule has 1 atom stereocenters. The fourth-order valence-electron chi connectivity index (χ4n) is 3.87. The minimum absolute atomic E-state index is 0.625. The minimum atomic E-state index is 0.625. The number of fused-ring (bicyclic) bond motifs is 1. The SMILES string of the molecule is CCOc1cccc2c1[C@H]([NH+]1CCCCCC1)C[NH2+]C2. The van der Waals surface area contributed by atoms with Gasteiger partial charge in [0, 0.05) is 5.56 Å². The largest absolute Gasteiger partial charge is 0.493 e. The summed E-state index contributed by atoms with van der Waals surface area (Å²) in [5, 5.41) is 2.47. The first-order chi connectivity index (χ1) is 9.90. The van der Waals surface area contributed by atoms with Gasteiger partial charge in [0.1, 0.15) is 18.8 Å². The molecule has 3 heteroatoms. The van der Waals surface area contributed by atoms with Gasteiger partial charge in [-0.25, -0.2) is 0 Å². The Balaban J connectivity index is 1.90. The number of hydrogen-bond acceptors (Lipinski definition) is 1. The average Bonchev–Trinajstić information content (AvgIpc) is 2.76. The smallest absolute Gasteiger partial charge is 0.167 e. The molecular weight excluding hydrogens is 248 g/mol. The lowest BCUT2D eigenvalue weighted by Gasteiger charge is -2.32. The van der Waals surface area contributed by atoms with E-state index in [9.17, 15) is 0 Å². The van der Waals surface area contributed by atoms with E-state index in [1.54, 1.807) is 4.90 Å². The molecule has 110 valence electrons. The summed E-state index contributed by atoms with van der Waals surface area (Å²) in [6.07, 6.45) is 5.61. The van der Waals surface area contributed by atoms with Crippen molar-refractivity contribution >= 4 is 0 Å². The van der Waals surface area contributed by atoms with E-state index < -0.39 is 0 Å². The number of hydrogen-bond donors (Lipinski definition) is 2. The first-order valence-corrected chi connectivity index (χ1v) is 8.31. The predicted octanol–water partition coefficient (Wildman–Crippen LogP) is 0.662. The second-order valence-electron chi connectivity index (χ2n) is 6.12. The third kappa shape index (κ3) is 2.84. The lowest BCUT2D eigenvalue weighted by molar-refractivity contribution is -0.947. The van der Waals surface area contributed by atoms with E-state index in [0.29, 0.717) is 6.04 Å². The molecule has 2 aliphatic heterocycles. The van der Waals surface area contributed by atoms with E-state index in [1.165, 1.54) is 56.4 Å². The lowest BCUT2D eigenvalue weighted by Crippen LogP contribution is -3.15. The quantitative estimate of drug-likeness (QED) is 0.835. The zero-order chi connectivity index (χ0) is 13.8. The summed E-state index contributed by atoms with van der Waals surface area (Å²) in [5.41, 5.74) is 3.00. The van der Waals surface area contributed by atoms with Crippen LogP contribution in [0.4, 0.5) is 0 Å². The van der Waals surface area contributed by atoms with Crippen LogP contribution in [-0.4, -0.2) is 26.2 Å². The Hall–Kier alpha value is -1.06. The summed E-state index contributed by atoms with van der Waals surface area (Å²) in [7, 11) is 0. The lowest BCUT2D eigenvalue weighted by atomic mass is 9.94.